The standard InChI is InChI=1S/C23H23ClF3NO7S/c24-15-2-1-10(22(32)28-13-7-16(25)20(27)17(26)8-13)3-19(15)36(34,35)14-5-11-4-12(6-14)23(11,33)21(31)18(30)9-29/h1-3,7-8,11-12,14,18,21,29-31,33H,4-6,9H2,(H,28,32)/t11?,12?,14?,18-,21+,23?/m0/s1. The van der Waals surface area contributed by atoms with Crippen LogP contribution in [0.5, 0.6) is 0 Å². The lowest BCUT2D eigenvalue weighted by atomic mass is 9.51. The molecule has 3 saturated carbocycles. The van der Waals surface area contributed by atoms with E-state index >= 15 is 0 Å². The molecular weight excluding hydrogens is 527 g/mol. The molecule has 0 heterocycles. The van der Waals surface area contributed by atoms with Gasteiger partial charge in [-0.15, -0.1) is 0 Å². The molecule has 196 valence electrons. The minimum absolute atomic E-state index is 0.0502. The average Bonchev–Trinajstić information content (AvgIpc) is 2.85. The smallest absolute Gasteiger partial charge is 0.255 e. The molecule has 0 saturated heterocycles. The van der Waals surface area contributed by atoms with E-state index in [0.29, 0.717) is 18.6 Å². The molecule has 0 aliphatic heterocycles. The summed E-state index contributed by atoms with van der Waals surface area (Å²) in [5.41, 5.74) is -2.31. The lowest BCUT2D eigenvalue weighted by Gasteiger charge is -2.60. The molecule has 13 heteroatoms. The van der Waals surface area contributed by atoms with Gasteiger partial charge in [-0.05, 0) is 49.3 Å². The predicted octanol–water partition coefficient (Wildman–Crippen LogP) is 2.03. The van der Waals surface area contributed by atoms with Crippen LogP contribution in [0.15, 0.2) is 35.2 Å². The van der Waals surface area contributed by atoms with Crippen molar-refractivity contribution in [3.8, 4) is 0 Å². The third-order valence-electron chi connectivity index (χ3n) is 7.18. The Kier molecular flexibility index (Phi) is 7.14. The van der Waals surface area contributed by atoms with Gasteiger partial charge in [0.15, 0.2) is 27.3 Å². The second-order valence-electron chi connectivity index (χ2n) is 9.20. The number of hydrogen-bond donors (Lipinski definition) is 5. The molecule has 0 spiro atoms. The van der Waals surface area contributed by atoms with E-state index in [1.807, 2.05) is 0 Å². The molecular formula is C23H23ClF3NO7S. The Labute approximate surface area is 209 Å². The zero-order valence-electron chi connectivity index (χ0n) is 18.5. The topological polar surface area (TPSA) is 144 Å². The van der Waals surface area contributed by atoms with Gasteiger partial charge in [0.05, 0.1) is 27.4 Å². The summed E-state index contributed by atoms with van der Waals surface area (Å²) in [6, 6.07) is 4.54. The van der Waals surface area contributed by atoms with E-state index in [9.17, 15) is 41.7 Å². The fourth-order valence-electron chi connectivity index (χ4n) is 5.21. The van der Waals surface area contributed by atoms with E-state index in [-0.39, 0.29) is 34.0 Å². The van der Waals surface area contributed by atoms with Gasteiger partial charge in [0.1, 0.15) is 12.2 Å². The molecule has 3 fully saturated rings. The molecule has 2 unspecified atom stereocenters. The number of hydrogen-bond acceptors (Lipinski definition) is 7. The van der Waals surface area contributed by atoms with Gasteiger partial charge in [-0.2, -0.15) is 0 Å². The van der Waals surface area contributed by atoms with Crippen LogP contribution in [0, 0.1) is 29.3 Å². The fraction of sp³-hybridized carbons (Fsp3) is 0.435. The Hall–Kier alpha value is -2.22. The largest absolute Gasteiger partial charge is 0.394 e. The normalized spacial score (nSPS) is 27.2. The molecule has 2 aromatic rings. The van der Waals surface area contributed by atoms with Crippen molar-refractivity contribution in [2.45, 2.75) is 47.2 Å². The van der Waals surface area contributed by atoms with Crippen molar-refractivity contribution in [3.63, 3.8) is 0 Å². The van der Waals surface area contributed by atoms with Gasteiger partial charge in [0.2, 0.25) is 0 Å². The molecule has 3 aliphatic rings. The highest BCUT2D eigenvalue weighted by molar-refractivity contribution is 7.92. The minimum atomic E-state index is -4.13. The summed E-state index contributed by atoms with van der Waals surface area (Å²) in [6.07, 6.45) is -2.90. The van der Waals surface area contributed by atoms with Gasteiger partial charge < -0.3 is 25.7 Å². The van der Waals surface area contributed by atoms with Crippen molar-refractivity contribution < 1.29 is 46.8 Å². The number of benzene rings is 2. The summed E-state index contributed by atoms with van der Waals surface area (Å²) in [5, 5.41) is 41.0. The van der Waals surface area contributed by atoms with Crippen LogP contribution in [0.4, 0.5) is 18.9 Å². The first kappa shape index (κ1) is 26.8. The third-order valence-corrected chi connectivity index (χ3v) is 9.83. The highest BCUT2D eigenvalue weighted by Crippen LogP contribution is 2.57. The van der Waals surface area contributed by atoms with Gasteiger partial charge in [0.25, 0.3) is 5.91 Å². The zero-order valence-corrected chi connectivity index (χ0v) is 20.1. The van der Waals surface area contributed by atoms with Crippen molar-refractivity contribution in [1.82, 2.24) is 0 Å². The van der Waals surface area contributed by atoms with Gasteiger partial charge in [0, 0.05) is 23.4 Å². The molecule has 2 bridgehead atoms. The molecule has 36 heavy (non-hydrogen) atoms. The maximum Gasteiger partial charge on any atom is 0.255 e. The molecule has 4 atom stereocenters. The van der Waals surface area contributed by atoms with Crippen LogP contribution in [0.1, 0.15) is 29.6 Å². The number of carbonyl (C=O) groups is 1. The van der Waals surface area contributed by atoms with Crippen molar-refractivity contribution >= 4 is 33.0 Å². The Morgan fingerprint density at radius 3 is 2.22 bits per heavy atom. The van der Waals surface area contributed by atoms with E-state index in [1.165, 1.54) is 12.1 Å². The number of fused-ring (bicyclic) bond motifs is 2. The first-order valence-electron chi connectivity index (χ1n) is 11.0. The van der Waals surface area contributed by atoms with Crippen molar-refractivity contribution in [2.24, 2.45) is 11.8 Å². The Bertz CT molecular complexity index is 1270. The SMILES string of the molecule is O=C(Nc1cc(F)c(F)c(F)c1)c1ccc(Cl)c(S(=O)(=O)C2CC3CC(C2)C3(O)[C@H](O)[C@@H](O)CO)c1. The summed E-state index contributed by atoms with van der Waals surface area (Å²) < 4.78 is 66.9. The number of carbonyl (C=O) groups excluding carboxylic acids is 1. The van der Waals surface area contributed by atoms with Crippen LogP contribution in [0.2, 0.25) is 5.02 Å². The maximum absolute atomic E-state index is 13.5. The second-order valence-corrected chi connectivity index (χ2v) is 11.8. The number of rotatable bonds is 7. The van der Waals surface area contributed by atoms with Crippen molar-refractivity contribution in [3.05, 3.63) is 58.4 Å². The Morgan fingerprint density at radius 2 is 1.67 bits per heavy atom. The monoisotopic (exact) mass is 549 g/mol. The van der Waals surface area contributed by atoms with Crippen LogP contribution in [0.3, 0.4) is 0 Å². The van der Waals surface area contributed by atoms with Crippen LogP contribution >= 0.6 is 11.6 Å². The number of aliphatic hydroxyl groups is 4. The highest BCUT2D eigenvalue weighted by atomic mass is 35.5. The predicted molar refractivity (Wildman–Crippen MR) is 122 cm³/mol. The van der Waals surface area contributed by atoms with Gasteiger partial charge in [-0.3, -0.25) is 4.79 Å². The molecule has 2 aromatic carbocycles. The second kappa shape index (κ2) is 9.58. The van der Waals surface area contributed by atoms with Gasteiger partial charge >= 0.3 is 0 Å². The van der Waals surface area contributed by atoms with E-state index in [4.69, 9.17) is 16.7 Å². The van der Waals surface area contributed by atoms with Crippen molar-refractivity contribution in [1.29, 1.82) is 0 Å². The first-order valence-corrected chi connectivity index (χ1v) is 12.9. The molecule has 5 N–H and O–H groups in total. The molecule has 8 nitrogen and oxygen atoms in total. The van der Waals surface area contributed by atoms with Gasteiger partial charge in [-0.1, -0.05) is 11.6 Å². The molecule has 0 radical (unpaired) electrons. The van der Waals surface area contributed by atoms with Gasteiger partial charge in [-0.25, -0.2) is 21.6 Å². The summed E-state index contributed by atoms with van der Waals surface area (Å²) >= 11 is 6.14. The summed E-state index contributed by atoms with van der Waals surface area (Å²) in [4.78, 5) is 12.2. The van der Waals surface area contributed by atoms with Crippen LogP contribution in [-0.2, 0) is 9.84 Å². The lowest BCUT2D eigenvalue weighted by molar-refractivity contribution is -0.253. The molecule has 1 amide bonds. The van der Waals surface area contributed by atoms with E-state index in [0.717, 1.165) is 6.07 Å². The average molecular weight is 550 g/mol. The molecule has 5 rings (SSSR count). The summed E-state index contributed by atoms with van der Waals surface area (Å²) in [5.74, 6) is -6.96. The van der Waals surface area contributed by atoms with Crippen LogP contribution in [0.25, 0.3) is 0 Å². The Morgan fingerprint density at radius 1 is 1.08 bits per heavy atom. The van der Waals surface area contributed by atoms with E-state index < -0.39 is 74.7 Å². The molecule has 3 aliphatic carbocycles. The number of amides is 1. The third kappa shape index (κ3) is 4.39. The number of anilines is 1. The minimum Gasteiger partial charge on any atom is -0.394 e. The summed E-state index contributed by atoms with van der Waals surface area (Å²) in [6.45, 7) is -0.772. The number of nitrogens with one attached hydrogen (secondary N) is 1. The highest BCUT2D eigenvalue weighted by Gasteiger charge is 2.64. The van der Waals surface area contributed by atoms with Crippen molar-refractivity contribution in [2.75, 3.05) is 11.9 Å². The first-order chi connectivity index (χ1) is 16.8. The zero-order chi connectivity index (χ0) is 26.6. The Balaban J connectivity index is 1.56. The maximum atomic E-state index is 13.5. The van der Waals surface area contributed by atoms with E-state index in [2.05, 4.69) is 5.32 Å². The summed E-state index contributed by atoms with van der Waals surface area (Å²) in [7, 11) is -4.13. The van der Waals surface area contributed by atoms with Crippen LogP contribution < -0.4 is 5.32 Å². The van der Waals surface area contributed by atoms with E-state index in [1.54, 1.807) is 0 Å². The number of halogens is 4. The fourth-order valence-corrected chi connectivity index (χ4v) is 7.61. The van der Waals surface area contributed by atoms with Crippen LogP contribution in [-0.4, -0.2) is 64.4 Å². The number of sulfone groups is 1. The lowest BCUT2D eigenvalue weighted by Crippen LogP contribution is -2.70. The molecule has 0 aromatic heterocycles. The quantitative estimate of drug-likeness (QED) is 0.332. The number of aliphatic hydroxyl groups excluding tert-OH is 3.